The molecule has 0 spiro atoms. The van der Waals surface area contributed by atoms with E-state index in [-0.39, 0.29) is 16.9 Å². The number of ether oxygens (including phenoxy) is 1. The zero-order chi connectivity index (χ0) is 14.0. The molecule has 0 radical (unpaired) electrons. The first kappa shape index (κ1) is 13.3. The van der Waals surface area contributed by atoms with Crippen molar-refractivity contribution in [3.05, 3.63) is 48.0 Å². The molecule has 0 bridgehead atoms. The fourth-order valence-corrected chi connectivity index (χ4v) is 1.79. The highest BCUT2D eigenvalue weighted by molar-refractivity contribution is 5.43. The van der Waals surface area contributed by atoms with Gasteiger partial charge < -0.3 is 14.9 Å². The van der Waals surface area contributed by atoms with Crippen molar-refractivity contribution in [2.24, 2.45) is 0 Å². The van der Waals surface area contributed by atoms with E-state index in [9.17, 15) is 10.2 Å². The van der Waals surface area contributed by atoms with Crippen molar-refractivity contribution in [3.63, 3.8) is 0 Å². The summed E-state index contributed by atoms with van der Waals surface area (Å²) in [6, 6.07) is 11.9. The first-order chi connectivity index (χ1) is 8.84. The van der Waals surface area contributed by atoms with Crippen molar-refractivity contribution in [2.45, 2.75) is 26.2 Å². The van der Waals surface area contributed by atoms with Crippen molar-refractivity contribution in [1.29, 1.82) is 0 Å². The van der Waals surface area contributed by atoms with Gasteiger partial charge in [0.05, 0.1) is 0 Å². The molecule has 0 fully saturated rings. The summed E-state index contributed by atoms with van der Waals surface area (Å²) in [6.07, 6.45) is 0. The molecule has 3 nitrogen and oxygen atoms in total. The summed E-state index contributed by atoms with van der Waals surface area (Å²) < 4.78 is 5.59. The van der Waals surface area contributed by atoms with Gasteiger partial charge in [-0.25, -0.2) is 0 Å². The fourth-order valence-electron chi connectivity index (χ4n) is 1.79. The molecule has 0 aliphatic carbocycles. The van der Waals surface area contributed by atoms with Gasteiger partial charge in [-0.05, 0) is 23.1 Å². The van der Waals surface area contributed by atoms with Crippen LogP contribution in [0.25, 0.3) is 0 Å². The smallest absolute Gasteiger partial charge is 0.134 e. The maximum Gasteiger partial charge on any atom is 0.134 e. The first-order valence-corrected chi connectivity index (χ1v) is 6.16. The van der Waals surface area contributed by atoms with E-state index in [4.69, 9.17) is 4.74 Å². The van der Waals surface area contributed by atoms with Crippen molar-refractivity contribution in [1.82, 2.24) is 0 Å². The van der Waals surface area contributed by atoms with Crippen LogP contribution in [0.4, 0.5) is 0 Å². The number of aromatic hydroxyl groups is 2. The summed E-state index contributed by atoms with van der Waals surface area (Å²) in [4.78, 5) is 0. The van der Waals surface area contributed by atoms with E-state index in [0.717, 1.165) is 0 Å². The van der Waals surface area contributed by atoms with Crippen LogP contribution in [0.1, 0.15) is 26.3 Å². The Bertz CT molecular complexity index is 545. The Morgan fingerprint density at radius 1 is 0.789 bits per heavy atom. The molecule has 0 amide bonds. The van der Waals surface area contributed by atoms with Gasteiger partial charge in [-0.1, -0.05) is 32.9 Å². The molecule has 0 aliphatic heterocycles. The van der Waals surface area contributed by atoms with Gasteiger partial charge in [0.25, 0.3) is 0 Å². The summed E-state index contributed by atoms with van der Waals surface area (Å²) in [5.74, 6) is 1.02. The molecule has 19 heavy (non-hydrogen) atoms. The van der Waals surface area contributed by atoms with Crippen LogP contribution in [-0.2, 0) is 5.41 Å². The van der Waals surface area contributed by atoms with E-state index < -0.39 is 0 Å². The average Bonchev–Trinajstić information content (AvgIpc) is 2.26. The lowest BCUT2D eigenvalue weighted by Crippen LogP contribution is -2.10. The second kappa shape index (κ2) is 4.84. The number of benzene rings is 2. The van der Waals surface area contributed by atoms with Crippen molar-refractivity contribution in [3.8, 4) is 23.0 Å². The maximum atomic E-state index is 9.38. The number of phenols is 2. The van der Waals surface area contributed by atoms with Crippen LogP contribution in [0.2, 0.25) is 0 Å². The van der Waals surface area contributed by atoms with Crippen LogP contribution < -0.4 is 4.74 Å². The van der Waals surface area contributed by atoms with Crippen molar-refractivity contribution < 1.29 is 14.9 Å². The molecule has 0 saturated carbocycles. The normalized spacial score (nSPS) is 11.3. The van der Waals surface area contributed by atoms with Crippen LogP contribution in [0.5, 0.6) is 23.0 Å². The molecule has 0 aromatic heterocycles. The van der Waals surface area contributed by atoms with Gasteiger partial charge in [0.1, 0.15) is 23.0 Å². The third-order valence-corrected chi connectivity index (χ3v) is 2.83. The Kier molecular flexibility index (Phi) is 3.38. The molecular formula is C16H18O3. The van der Waals surface area contributed by atoms with E-state index in [1.165, 1.54) is 23.8 Å². The van der Waals surface area contributed by atoms with E-state index >= 15 is 0 Å². The van der Waals surface area contributed by atoms with E-state index in [0.29, 0.717) is 11.5 Å². The standard InChI is InChI=1S/C16H18O3/c1-16(2,3)11-4-6-14(7-5-11)19-15-9-12(17)8-13(18)10-15/h4-10,17-18H,1-3H3. The summed E-state index contributed by atoms with van der Waals surface area (Å²) in [7, 11) is 0. The molecule has 2 aromatic rings. The molecule has 0 unspecified atom stereocenters. The van der Waals surface area contributed by atoms with Gasteiger partial charge in [-0.15, -0.1) is 0 Å². The highest BCUT2D eigenvalue weighted by Gasteiger charge is 2.13. The molecule has 2 rings (SSSR count). The third-order valence-electron chi connectivity index (χ3n) is 2.83. The number of rotatable bonds is 2. The Morgan fingerprint density at radius 3 is 1.79 bits per heavy atom. The van der Waals surface area contributed by atoms with Crippen molar-refractivity contribution in [2.75, 3.05) is 0 Å². The Labute approximate surface area is 113 Å². The second-order valence-corrected chi connectivity index (χ2v) is 5.56. The topological polar surface area (TPSA) is 49.7 Å². The minimum absolute atomic E-state index is 0.0266. The van der Waals surface area contributed by atoms with Crippen LogP contribution >= 0.6 is 0 Å². The first-order valence-electron chi connectivity index (χ1n) is 6.16. The quantitative estimate of drug-likeness (QED) is 0.849. The number of phenolic OH excluding ortho intramolecular Hbond substituents is 2. The van der Waals surface area contributed by atoms with Gasteiger partial charge >= 0.3 is 0 Å². The van der Waals surface area contributed by atoms with Crippen molar-refractivity contribution >= 4 is 0 Å². The van der Waals surface area contributed by atoms with Crippen LogP contribution in [0, 0.1) is 0 Å². The number of hydrogen-bond acceptors (Lipinski definition) is 3. The second-order valence-electron chi connectivity index (χ2n) is 5.56. The van der Waals surface area contributed by atoms with Gasteiger partial charge in [0.15, 0.2) is 0 Å². The Balaban J connectivity index is 2.20. The highest BCUT2D eigenvalue weighted by Crippen LogP contribution is 2.31. The average molecular weight is 258 g/mol. The lowest BCUT2D eigenvalue weighted by atomic mass is 9.87. The van der Waals surface area contributed by atoms with Crippen LogP contribution in [0.3, 0.4) is 0 Å². The number of hydrogen-bond donors (Lipinski definition) is 2. The monoisotopic (exact) mass is 258 g/mol. The Hall–Kier alpha value is -2.16. The molecule has 0 aliphatic rings. The highest BCUT2D eigenvalue weighted by atomic mass is 16.5. The molecule has 3 heteroatoms. The lowest BCUT2D eigenvalue weighted by molar-refractivity contribution is 0.431. The minimum atomic E-state index is -0.0266. The largest absolute Gasteiger partial charge is 0.508 e. The molecule has 0 heterocycles. The molecule has 0 atom stereocenters. The summed E-state index contributed by atoms with van der Waals surface area (Å²) in [5, 5.41) is 18.8. The SMILES string of the molecule is CC(C)(C)c1ccc(Oc2cc(O)cc(O)c2)cc1. The van der Waals surface area contributed by atoms with Gasteiger partial charge in [-0.2, -0.15) is 0 Å². The fraction of sp³-hybridized carbons (Fsp3) is 0.250. The Morgan fingerprint density at radius 2 is 1.32 bits per heavy atom. The van der Waals surface area contributed by atoms with Gasteiger partial charge in [0, 0.05) is 18.2 Å². The molecule has 0 saturated heterocycles. The summed E-state index contributed by atoms with van der Waals surface area (Å²) in [6.45, 7) is 6.45. The van der Waals surface area contributed by atoms with E-state index in [1.54, 1.807) is 0 Å². The van der Waals surface area contributed by atoms with Crippen LogP contribution in [-0.4, -0.2) is 10.2 Å². The molecular weight excluding hydrogens is 240 g/mol. The van der Waals surface area contributed by atoms with Gasteiger partial charge in [0.2, 0.25) is 0 Å². The maximum absolute atomic E-state index is 9.38. The lowest BCUT2D eigenvalue weighted by Gasteiger charge is -2.19. The molecule has 100 valence electrons. The third kappa shape index (κ3) is 3.41. The minimum Gasteiger partial charge on any atom is -0.508 e. The van der Waals surface area contributed by atoms with Crippen LogP contribution in [0.15, 0.2) is 42.5 Å². The van der Waals surface area contributed by atoms with Gasteiger partial charge in [-0.3, -0.25) is 0 Å². The zero-order valence-corrected chi connectivity index (χ0v) is 11.3. The summed E-state index contributed by atoms with van der Waals surface area (Å²) >= 11 is 0. The zero-order valence-electron chi connectivity index (χ0n) is 11.3. The molecule has 2 aromatic carbocycles. The molecule has 2 N–H and O–H groups in total. The van der Waals surface area contributed by atoms with E-state index in [1.807, 2.05) is 24.3 Å². The predicted molar refractivity (Wildman–Crippen MR) is 75.0 cm³/mol. The summed E-state index contributed by atoms with van der Waals surface area (Å²) in [5.41, 5.74) is 1.32. The van der Waals surface area contributed by atoms with E-state index in [2.05, 4.69) is 20.8 Å². The predicted octanol–water partition coefficient (Wildman–Crippen LogP) is 4.19.